The SMILES string of the molecule is CC1(Oc2ccc3c(c2)CCNC3)CCCS(=O)(=O)C1. The summed E-state index contributed by atoms with van der Waals surface area (Å²) in [6.45, 7) is 3.80. The number of rotatable bonds is 2. The van der Waals surface area contributed by atoms with Gasteiger partial charge in [-0.1, -0.05) is 6.07 Å². The molecule has 2 aliphatic heterocycles. The fourth-order valence-electron chi connectivity index (χ4n) is 3.16. The predicted octanol–water partition coefficient (Wildman–Crippen LogP) is 1.68. The van der Waals surface area contributed by atoms with Gasteiger partial charge in [-0.25, -0.2) is 8.42 Å². The Morgan fingerprint density at radius 1 is 1.30 bits per heavy atom. The minimum Gasteiger partial charge on any atom is -0.487 e. The highest BCUT2D eigenvalue weighted by molar-refractivity contribution is 7.91. The van der Waals surface area contributed by atoms with E-state index in [1.54, 1.807) is 0 Å². The Hall–Kier alpha value is -1.07. The van der Waals surface area contributed by atoms with Crippen LogP contribution in [0.25, 0.3) is 0 Å². The van der Waals surface area contributed by atoms with Crippen LogP contribution in [0.15, 0.2) is 18.2 Å². The zero-order valence-corrected chi connectivity index (χ0v) is 12.6. The smallest absolute Gasteiger partial charge is 0.154 e. The number of sulfone groups is 1. The second-order valence-electron chi connectivity index (χ2n) is 6.10. The summed E-state index contributed by atoms with van der Waals surface area (Å²) in [7, 11) is -2.96. The van der Waals surface area contributed by atoms with E-state index in [-0.39, 0.29) is 5.75 Å². The molecule has 3 rings (SSSR count). The average molecular weight is 295 g/mol. The van der Waals surface area contributed by atoms with Gasteiger partial charge in [0.05, 0.1) is 11.5 Å². The molecule has 1 N–H and O–H groups in total. The highest BCUT2D eigenvalue weighted by Crippen LogP contribution is 2.30. The van der Waals surface area contributed by atoms with Crippen LogP contribution in [-0.4, -0.2) is 32.1 Å². The van der Waals surface area contributed by atoms with Crippen molar-refractivity contribution in [3.63, 3.8) is 0 Å². The lowest BCUT2D eigenvalue weighted by molar-refractivity contribution is 0.0976. The van der Waals surface area contributed by atoms with E-state index in [9.17, 15) is 8.42 Å². The molecule has 1 saturated heterocycles. The van der Waals surface area contributed by atoms with E-state index < -0.39 is 15.4 Å². The van der Waals surface area contributed by atoms with Crippen molar-refractivity contribution in [2.45, 2.75) is 38.3 Å². The lowest BCUT2D eigenvalue weighted by Crippen LogP contribution is -2.44. The fraction of sp³-hybridized carbons (Fsp3) is 0.600. The number of benzene rings is 1. The zero-order valence-electron chi connectivity index (χ0n) is 11.8. The molecule has 110 valence electrons. The average Bonchev–Trinajstić information content (AvgIpc) is 2.36. The van der Waals surface area contributed by atoms with Crippen LogP contribution < -0.4 is 10.1 Å². The molecule has 1 fully saturated rings. The van der Waals surface area contributed by atoms with Crippen LogP contribution in [0.1, 0.15) is 30.9 Å². The fourth-order valence-corrected chi connectivity index (χ4v) is 5.02. The number of ether oxygens (including phenoxy) is 1. The number of hydrogen-bond donors (Lipinski definition) is 1. The molecule has 1 unspecified atom stereocenters. The predicted molar refractivity (Wildman–Crippen MR) is 78.8 cm³/mol. The van der Waals surface area contributed by atoms with Crippen molar-refractivity contribution in [1.29, 1.82) is 0 Å². The molecule has 0 spiro atoms. The first-order valence-corrected chi connectivity index (χ1v) is 9.00. The van der Waals surface area contributed by atoms with Gasteiger partial charge in [-0.15, -0.1) is 0 Å². The summed E-state index contributed by atoms with van der Waals surface area (Å²) in [5, 5.41) is 3.34. The van der Waals surface area contributed by atoms with Crippen LogP contribution in [0, 0.1) is 0 Å². The molecule has 2 heterocycles. The van der Waals surface area contributed by atoms with Crippen LogP contribution in [0.5, 0.6) is 5.75 Å². The second-order valence-corrected chi connectivity index (χ2v) is 8.29. The van der Waals surface area contributed by atoms with E-state index >= 15 is 0 Å². The molecular formula is C15H21NO3S. The lowest BCUT2D eigenvalue weighted by Gasteiger charge is -2.34. The maximum atomic E-state index is 11.8. The molecular weight excluding hydrogens is 274 g/mol. The first-order valence-electron chi connectivity index (χ1n) is 7.18. The number of hydrogen-bond acceptors (Lipinski definition) is 4. The molecule has 0 amide bonds. The van der Waals surface area contributed by atoms with Crippen molar-refractivity contribution in [1.82, 2.24) is 5.32 Å². The van der Waals surface area contributed by atoms with Crippen molar-refractivity contribution in [2.75, 3.05) is 18.1 Å². The quantitative estimate of drug-likeness (QED) is 0.902. The molecule has 2 aliphatic rings. The molecule has 1 aromatic carbocycles. The molecule has 0 saturated carbocycles. The van der Waals surface area contributed by atoms with E-state index in [4.69, 9.17) is 4.74 Å². The Bertz CT molecular complexity index is 612. The van der Waals surface area contributed by atoms with Gasteiger partial charge in [-0.3, -0.25) is 0 Å². The second kappa shape index (κ2) is 5.04. The van der Waals surface area contributed by atoms with Crippen LogP contribution in [-0.2, 0) is 22.8 Å². The first kappa shape index (κ1) is 13.9. The van der Waals surface area contributed by atoms with Crippen molar-refractivity contribution in [3.8, 4) is 5.75 Å². The normalized spacial score (nSPS) is 28.6. The summed E-state index contributed by atoms with van der Waals surface area (Å²) in [6.07, 6.45) is 2.49. The third-order valence-electron chi connectivity index (χ3n) is 4.11. The molecule has 0 radical (unpaired) electrons. The molecule has 5 heteroatoms. The van der Waals surface area contributed by atoms with Crippen molar-refractivity contribution in [3.05, 3.63) is 29.3 Å². The van der Waals surface area contributed by atoms with Gasteiger partial charge in [0.25, 0.3) is 0 Å². The molecule has 1 atom stereocenters. The van der Waals surface area contributed by atoms with Gasteiger partial charge >= 0.3 is 0 Å². The van der Waals surface area contributed by atoms with Gasteiger partial charge in [0, 0.05) is 6.54 Å². The Labute approximate surface area is 120 Å². The highest BCUT2D eigenvalue weighted by Gasteiger charge is 2.37. The summed E-state index contributed by atoms with van der Waals surface area (Å²) < 4.78 is 29.6. The topological polar surface area (TPSA) is 55.4 Å². The molecule has 1 aromatic rings. The lowest BCUT2D eigenvalue weighted by atomic mass is 9.99. The van der Waals surface area contributed by atoms with Gasteiger partial charge in [-0.05, 0) is 56.0 Å². The molecule has 0 aromatic heterocycles. The molecule has 4 nitrogen and oxygen atoms in total. The van der Waals surface area contributed by atoms with E-state index in [0.29, 0.717) is 12.2 Å². The monoisotopic (exact) mass is 295 g/mol. The summed E-state index contributed by atoms with van der Waals surface area (Å²) in [5.74, 6) is 1.21. The van der Waals surface area contributed by atoms with Gasteiger partial charge in [0.1, 0.15) is 11.4 Å². The van der Waals surface area contributed by atoms with Crippen LogP contribution in [0.3, 0.4) is 0 Å². The van der Waals surface area contributed by atoms with Crippen LogP contribution in [0.2, 0.25) is 0 Å². The largest absolute Gasteiger partial charge is 0.487 e. The van der Waals surface area contributed by atoms with E-state index in [2.05, 4.69) is 17.4 Å². The van der Waals surface area contributed by atoms with Crippen LogP contribution in [0.4, 0.5) is 0 Å². The first-order chi connectivity index (χ1) is 9.46. The van der Waals surface area contributed by atoms with E-state index in [1.165, 1.54) is 11.1 Å². The summed E-state index contributed by atoms with van der Waals surface area (Å²) in [6, 6.07) is 6.11. The Morgan fingerprint density at radius 3 is 2.95 bits per heavy atom. The standard InChI is InChI=1S/C15H21NO3S/c1-15(6-2-8-20(17,18)11-15)19-14-4-3-13-10-16-7-5-12(13)9-14/h3-4,9,16H,2,5-8,10-11H2,1H3. The molecule has 20 heavy (non-hydrogen) atoms. The third-order valence-corrected chi connectivity index (χ3v) is 6.08. The summed E-state index contributed by atoms with van der Waals surface area (Å²) in [5.41, 5.74) is 2.03. The number of fused-ring (bicyclic) bond motifs is 1. The maximum Gasteiger partial charge on any atom is 0.154 e. The van der Waals surface area contributed by atoms with Gasteiger partial charge in [0.2, 0.25) is 0 Å². The zero-order chi connectivity index (χ0) is 14.2. The van der Waals surface area contributed by atoms with Crippen molar-refractivity contribution < 1.29 is 13.2 Å². The van der Waals surface area contributed by atoms with Gasteiger partial charge < -0.3 is 10.1 Å². The molecule has 0 bridgehead atoms. The summed E-state index contributed by atoms with van der Waals surface area (Å²) >= 11 is 0. The van der Waals surface area contributed by atoms with E-state index in [0.717, 1.165) is 31.7 Å². The minimum absolute atomic E-state index is 0.124. The van der Waals surface area contributed by atoms with Crippen molar-refractivity contribution >= 4 is 9.84 Å². The highest BCUT2D eigenvalue weighted by atomic mass is 32.2. The maximum absolute atomic E-state index is 11.8. The number of nitrogens with one attached hydrogen (secondary N) is 1. The summed E-state index contributed by atoms with van der Waals surface area (Å²) in [4.78, 5) is 0. The Balaban J connectivity index is 1.80. The Morgan fingerprint density at radius 2 is 2.15 bits per heavy atom. The van der Waals surface area contributed by atoms with Gasteiger partial charge in [0.15, 0.2) is 9.84 Å². The van der Waals surface area contributed by atoms with Crippen molar-refractivity contribution in [2.24, 2.45) is 0 Å². The van der Waals surface area contributed by atoms with Crippen LogP contribution >= 0.6 is 0 Å². The minimum atomic E-state index is -2.96. The van der Waals surface area contributed by atoms with Gasteiger partial charge in [-0.2, -0.15) is 0 Å². The third kappa shape index (κ3) is 2.99. The van der Waals surface area contributed by atoms with E-state index in [1.807, 2.05) is 13.0 Å². The molecule has 0 aliphatic carbocycles. The Kier molecular flexibility index (Phi) is 3.50.